The summed E-state index contributed by atoms with van der Waals surface area (Å²) < 4.78 is 117. The van der Waals surface area contributed by atoms with Crippen LogP contribution < -0.4 is 15.4 Å². The number of halogens is 8. The van der Waals surface area contributed by atoms with Gasteiger partial charge in [-0.25, -0.2) is 19.4 Å². The summed E-state index contributed by atoms with van der Waals surface area (Å²) in [5.41, 5.74) is -7.06. The molecule has 2 aromatic carbocycles. The molecule has 0 unspecified atom stereocenters. The van der Waals surface area contributed by atoms with Gasteiger partial charge in [-0.15, -0.1) is 0 Å². The lowest BCUT2D eigenvalue weighted by atomic mass is 9.72. The van der Waals surface area contributed by atoms with Crippen molar-refractivity contribution in [1.82, 2.24) is 30.2 Å². The quantitative estimate of drug-likeness (QED) is 0.161. The van der Waals surface area contributed by atoms with E-state index in [0.29, 0.717) is 50.6 Å². The zero-order valence-electron chi connectivity index (χ0n) is 29.5. The summed E-state index contributed by atoms with van der Waals surface area (Å²) in [6.45, 7) is 1.85. The van der Waals surface area contributed by atoms with Crippen LogP contribution in [0.5, 0.6) is 5.75 Å². The Morgan fingerprint density at radius 2 is 1.71 bits per heavy atom. The third kappa shape index (κ3) is 8.64. The van der Waals surface area contributed by atoms with Crippen molar-refractivity contribution in [2.75, 3.05) is 45.7 Å². The van der Waals surface area contributed by atoms with Gasteiger partial charge in [-0.3, -0.25) is 19.4 Å². The third-order valence-electron chi connectivity index (χ3n) is 9.39. The largest absolute Gasteiger partial charge is 0.509 e. The summed E-state index contributed by atoms with van der Waals surface area (Å²) in [5.74, 6) is -6.54. The SMILES string of the molecule is CC(=O)NCCN(C)CCOc1ccc(CN2C(=O)C(C(=O)Nc3ccc(C(F)(F)F)cc3-c3cc(C(F)(F)F)ncn3)=C(O)C3(CCC3)N2C)c(F)c1F. The number of hydrogen-bond acceptors (Lipinski definition) is 9. The topological polar surface area (TPSA) is 140 Å². The first-order valence-corrected chi connectivity index (χ1v) is 16.7. The van der Waals surface area contributed by atoms with Gasteiger partial charge in [0.05, 0.1) is 29.0 Å². The van der Waals surface area contributed by atoms with Crippen LogP contribution >= 0.6 is 0 Å². The fourth-order valence-electron chi connectivity index (χ4n) is 6.14. The Labute approximate surface area is 308 Å². The van der Waals surface area contributed by atoms with Crippen LogP contribution in [0.25, 0.3) is 11.3 Å². The molecule has 20 heteroatoms. The number of hydrazine groups is 1. The number of nitrogens with one attached hydrogen (secondary N) is 2. The lowest BCUT2D eigenvalue weighted by Gasteiger charge is -2.54. The average molecular weight is 786 g/mol. The van der Waals surface area contributed by atoms with E-state index < -0.39 is 93.2 Å². The van der Waals surface area contributed by atoms with Crippen LogP contribution in [0.3, 0.4) is 0 Å². The Bertz CT molecular complexity index is 2000. The highest BCUT2D eigenvalue weighted by molar-refractivity contribution is 6.24. The molecule has 55 heavy (non-hydrogen) atoms. The van der Waals surface area contributed by atoms with Crippen LogP contribution in [0.1, 0.15) is 43.0 Å². The van der Waals surface area contributed by atoms with Crippen molar-refractivity contribution in [2.45, 2.75) is 50.6 Å². The normalized spacial score (nSPS) is 16.1. The molecule has 2 heterocycles. The molecule has 3 aromatic rings. The number of carbonyl (C=O) groups excluding carboxylic acids is 3. The van der Waals surface area contributed by atoms with Crippen LogP contribution in [0, 0.1) is 11.6 Å². The Morgan fingerprint density at radius 1 is 1.00 bits per heavy atom. The number of ether oxygens (including phenoxy) is 1. The van der Waals surface area contributed by atoms with E-state index in [-0.39, 0.29) is 30.9 Å². The molecule has 1 aliphatic heterocycles. The second kappa shape index (κ2) is 15.8. The highest BCUT2D eigenvalue weighted by Gasteiger charge is 2.55. The minimum atomic E-state index is -5.00. The highest BCUT2D eigenvalue weighted by Crippen LogP contribution is 2.47. The fraction of sp³-hybridized carbons (Fsp3) is 0.400. The number of aliphatic hydroxyl groups is 1. The van der Waals surface area contributed by atoms with Gasteiger partial charge in [0.1, 0.15) is 30.0 Å². The summed E-state index contributed by atoms with van der Waals surface area (Å²) in [6.07, 6.45) is -8.51. The maximum atomic E-state index is 15.5. The summed E-state index contributed by atoms with van der Waals surface area (Å²) in [6, 6.07) is 4.47. The lowest BCUT2D eigenvalue weighted by Crippen LogP contribution is -2.65. The van der Waals surface area contributed by atoms with Crippen molar-refractivity contribution in [3.63, 3.8) is 0 Å². The molecule has 12 nitrogen and oxygen atoms in total. The van der Waals surface area contributed by atoms with E-state index in [0.717, 1.165) is 17.1 Å². The molecule has 1 saturated carbocycles. The molecule has 2 aliphatic rings. The number of rotatable bonds is 12. The van der Waals surface area contributed by atoms with Gasteiger partial charge in [0.25, 0.3) is 11.8 Å². The maximum Gasteiger partial charge on any atom is 0.433 e. The molecule has 3 N–H and O–H groups in total. The summed E-state index contributed by atoms with van der Waals surface area (Å²) in [7, 11) is 3.14. The van der Waals surface area contributed by atoms with E-state index in [1.165, 1.54) is 25.0 Å². The average Bonchev–Trinajstić information content (AvgIpc) is 3.08. The van der Waals surface area contributed by atoms with Crippen molar-refractivity contribution in [2.24, 2.45) is 0 Å². The molecule has 5 rings (SSSR count). The molecule has 0 saturated heterocycles. The number of amides is 3. The second-order valence-electron chi connectivity index (χ2n) is 13.0. The Balaban J connectivity index is 1.41. The molecule has 0 bridgehead atoms. The van der Waals surface area contributed by atoms with Gasteiger partial charge in [-0.2, -0.15) is 30.7 Å². The standard InChI is InChI=1S/C35H35F8N7O5/c1-19(51)44-11-12-48(2)13-14-55-25-8-5-20(28(36)29(25)37)17-50-32(54)27(30(52)33(49(50)3)9-4-10-33)31(53)47-23-7-6-21(34(38,39)40)15-22(23)24-16-26(35(41,42)43)46-18-45-24/h5-8,15-16,18,52H,4,9-14,17H2,1-3H3,(H,44,51)(H,47,53). The number of carbonyl (C=O) groups is 3. The van der Waals surface area contributed by atoms with Gasteiger partial charge in [0, 0.05) is 44.7 Å². The molecule has 1 aliphatic carbocycles. The molecule has 1 fully saturated rings. The van der Waals surface area contributed by atoms with E-state index in [1.54, 1.807) is 11.9 Å². The van der Waals surface area contributed by atoms with Crippen molar-refractivity contribution in [3.05, 3.63) is 82.5 Å². The molecule has 1 aromatic heterocycles. The number of alkyl halides is 6. The molecule has 1 spiro atoms. The Morgan fingerprint density at radius 3 is 2.33 bits per heavy atom. The fourth-order valence-corrected chi connectivity index (χ4v) is 6.14. The molecular weight excluding hydrogens is 750 g/mol. The molecule has 296 valence electrons. The van der Waals surface area contributed by atoms with E-state index in [9.17, 15) is 45.8 Å². The molecule has 0 radical (unpaired) electrons. The van der Waals surface area contributed by atoms with Crippen molar-refractivity contribution in [1.29, 1.82) is 0 Å². The van der Waals surface area contributed by atoms with E-state index >= 15 is 8.78 Å². The number of likely N-dealkylation sites (N-methyl/N-ethyl adjacent to an activating group) is 2. The van der Waals surface area contributed by atoms with Gasteiger partial charge in [0.2, 0.25) is 11.7 Å². The number of aliphatic hydroxyl groups excluding tert-OH is 1. The predicted molar refractivity (Wildman–Crippen MR) is 179 cm³/mol. The van der Waals surface area contributed by atoms with E-state index in [4.69, 9.17) is 4.74 Å². The van der Waals surface area contributed by atoms with Gasteiger partial charge in [0.15, 0.2) is 11.6 Å². The van der Waals surface area contributed by atoms with Gasteiger partial charge < -0.3 is 25.4 Å². The smallest absolute Gasteiger partial charge is 0.433 e. The first kappa shape index (κ1) is 40.8. The van der Waals surface area contributed by atoms with E-state index in [1.807, 2.05) is 0 Å². The monoisotopic (exact) mass is 785 g/mol. The first-order chi connectivity index (χ1) is 25.7. The number of benzene rings is 2. The molecular formula is C35H35F8N7O5. The van der Waals surface area contributed by atoms with Gasteiger partial charge in [-0.1, -0.05) is 6.07 Å². The van der Waals surface area contributed by atoms with Crippen LogP contribution in [0.2, 0.25) is 0 Å². The van der Waals surface area contributed by atoms with Crippen LogP contribution in [0.15, 0.2) is 54.1 Å². The predicted octanol–water partition coefficient (Wildman–Crippen LogP) is 5.47. The van der Waals surface area contributed by atoms with Gasteiger partial charge in [-0.05, 0) is 56.6 Å². The number of nitrogens with zero attached hydrogens (tertiary/aromatic N) is 5. The number of hydrogen-bond donors (Lipinski definition) is 3. The zero-order chi connectivity index (χ0) is 40.5. The number of aromatic nitrogens is 2. The van der Waals surface area contributed by atoms with E-state index in [2.05, 4.69) is 20.6 Å². The van der Waals surface area contributed by atoms with Gasteiger partial charge >= 0.3 is 12.4 Å². The minimum absolute atomic E-state index is 0.0357. The first-order valence-electron chi connectivity index (χ1n) is 16.7. The van der Waals surface area contributed by atoms with Crippen molar-refractivity contribution in [3.8, 4) is 17.0 Å². The second-order valence-corrected chi connectivity index (χ2v) is 13.0. The Hall–Kier alpha value is -5.37. The van der Waals surface area contributed by atoms with Crippen molar-refractivity contribution < 1.29 is 59.4 Å². The minimum Gasteiger partial charge on any atom is -0.509 e. The van der Waals surface area contributed by atoms with Crippen LogP contribution in [0.4, 0.5) is 40.8 Å². The summed E-state index contributed by atoms with van der Waals surface area (Å²) in [4.78, 5) is 47.4. The maximum absolute atomic E-state index is 15.5. The van der Waals surface area contributed by atoms with Crippen LogP contribution in [-0.4, -0.2) is 93.6 Å². The number of anilines is 1. The van der Waals surface area contributed by atoms with Crippen molar-refractivity contribution >= 4 is 23.4 Å². The molecule has 3 amide bonds. The lowest BCUT2D eigenvalue weighted by molar-refractivity contribution is -0.172. The third-order valence-corrected chi connectivity index (χ3v) is 9.39. The zero-order valence-corrected chi connectivity index (χ0v) is 29.5. The summed E-state index contributed by atoms with van der Waals surface area (Å²) >= 11 is 0. The summed E-state index contributed by atoms with van der Waals surface area (Å²) in [5, 5.41) is 18.4. The highest BCUT2D eigenvalue weighted by atomic mass is 19.4. The van der Waals surface area contributed by atoms with Crippen LogP contribution in [-0.2, 0) is 33.3 Å². The Kier molecular flexibility index (Phi) is 11.7. The molecule has 0 atom stereocenters.